The van der Waals surface area contributed by atoms with Crippen LogP contribution in [0.4, 0.5) is 13.2 Å². The molecule has 124 valence electrons. The summed E-state index contributed by atoms with van der Waals surface area (Å²) in [6, 6.07) is 4.50. The summed E-state index contributed by atoms with van der Waals surface area (Å²) in [7, 11) is 0. The van der Waals surface area contributed by atoms with Crippen LogP contribution in [0.1, 0.15) is 23.1 Å². The van der Waals surface area contributed by atoms with Gasteiger partial charge in [0.25, 0.3) is 0 Å². The third-order valence-corrected chi connectivity index (χ3v) is 4.25. The van der Waals surface area contributed by atoms with Gasteiger partial charge in [0.15, 0.2) is 5.16 Å². The number of rotatable bonds is 6. The Balaban J connectivity index is 2.02. The number of aliphatic hydroxyl groups excluding tert-OH is 1. The maximum Gasteiger partial charge on any atom is 0.416 e. The van der Waals surface area contributed by atoms with Gasteiger partial charge in [-0.2, -0.15) is 13.2 Å². The van der Waals surface area contributed by atoms with Gasteiger partial charge in [-0.05, 0) is 24.6 Å². The number of alkyl halides is 3. The Hall–Kier alpha value is -1.80. The second-order valence-corrected chi connectivity index (χ2v) is 5.86. The molecule has 1 aromatic carbocycles. The molecule has 4 nitrogen and oxygen atoms in total. The van der Waals surface area contributed by atoms with Crippen molar-refractivity contribution in [1.82, 2.24) is 14.8 Å². The van der Waals surface area contributed by atoms with E-state index in [4.69, 9.17) is 0 Å². The van der Waals surface area contributed by atoms with Crippen LogP contribution in [-0.4, -0.2) is 25.6 Å². The molecule has 1 aromatic heterocycles. The van der Waals surface area contributed by atoms with Crippen LogP contribution in [-0.2, 0) is 12.7 Å². The largest absolute Gasteiger partial charge is 0.416 e. The topological polar surface area (TPSA) is 50.9 Å². The summed E-state index contributed by atoms with van der Waals surface area (Å²) < 4.78 is 39.4. The molecule has 8 heteroatoms. The lowest BCUT2D eigenvalue weighted by Crippen LogP contribution is -2.07. The summed E-state index contributed by atoms with van der Waals surface area (Å²) in [4.78, 5) is 0. The number of allylic oxidation sites excluding steroid dienone is 1. The van der Waals surface area contributed by atoms with Crippen molar-refractivity contribution < 1.29 is 18.3 Å². The Kier molecular flexibility index (Phi) is 5.48. The molecule has 0 aliphatic carbocycles. The Morgan fingerprint density at radius 3 is 2.52 bits per heavy atom. The highest BCUT2D eigenvalue weighted by atomic mass is 32.2. The van der Waals surface area contributed by atoms with Gasteiger partial charge in [-0.25, -0.2) is 0 Å². The van der Waals surface area contributed by atoms with Crippen LogP contribution in [0.25, 0.3) is 0 Å². The van der Waals surface area contributed by atoms with Gasteiger partial charge in [-0.1, -0.05) is 30.0 Å². The number of nitrogens with zero attached hydrogens (tertiary/aromatic N) is 3. The zero-order valence-electron chi connectivity index (χ0n) is 12.4. The number of halogens is 3. The van der Waals surface area contributed by atoms with E-state index in [0.717, 1.165) is 18.0 Å². The fourth-order valence-electron chi connectivity index (χ4n) is 1.95. The van der Waals surface area contributed by atoms with Crippen LogP contribution in [0.2, 0.25) is 0 Å². The molecular weight excluding hydrogens is 327 g/mol. The van der Waals surface area contributed by atoms with Crippen molar-refractivity contribution in [2.24, 2.45) is 0 Å². The molecule has 0 spiro atoms. The van der Waals surface area contributed by atoms with E-state index in [-0.39, 0.29) is 5.75 Å². The molecule has 2 rings (SSSR count). The fourth-order valence-corrected chi connectivity index (χ4v) is 2.91. The number of aromatic nitrogens is 3. The Morgan fingerprint density at radius 2 is 1.96 bits per heavy atom. The second-order valence-electron chi connectivity index (χ2n) is 4.88. The number of aryl methyl sites for hydroxylation is 1. The van der Waals surface area contributed by atoms with Crippen LogP contribution in [0.5, 0.6) is 0 Å². The predicted molar refractivity (Wildman–Crippen MR) is 82.1 cm³/mol. The molecule has 0 bridgehead atoms. The van der Waals surface area contributed by atoms with E-state index in [1.54, 1.807) is 6.08 Å². The number of thioether (sulfide) groups is 1. The molecule has 23 heavy (non-hydrogen) atoms. The van der Waals surface area contributed by atoms with Gasteiger partial charge in [-0.3, -0.25) is 0 Å². The van der Waals surface area contributed by atoms with Crippen molar-refractivity contribution in [3.05, 3.63) is 53.9 Å². The summed E-state index contributed by atoms with van der Waals surface area (Å²) >= 11 is 1.29. The molecule has 1 atom stereocenters. The van der Waals surface area contributed by atoms with Crippen LogP contribution in [0.3, 0.4) is 0 Å². The van der Waals surface area contributed by atoms with E-state index in [1.165, 1.54) is 23.9 Å². The standard InChI is InChI=1S/C15H16F3N3OS/c1-3-8-21-10(2)19-20-14(21)23-9-13(22)11-4-6-12(7-5-11)15(16,17)18/h3-7,13,22H,1,8-9H2,2H3. The number of benzene rings is 1. The van der Waals surface area contributed by atoms with E-state index in [0.29, 0.717) is 17.3 Å². The van der Waals surface area contributed by atoms with Crippen LogP contribution < -0.4 is 0 Å². The van der Waals surface area contributed by atoms with E-state index in [9.17, 15) is 18.3 Å². The predicted octanol–water partition coefficient (Wildman–Crippen LogP) is 3.62. The summed E-state index contributed by atoms with van der Waals surface area (Å²) in [5.74, 6) is 0.997. The van der Waals surface area contributed by atoms with Crippen molar-refractivity contribution in [2.45, 2.75) is 30.9 Å². The first-order chi connectivity index (χ1) is 10.8. The third kappa shape index (κ3) is 4.35. The molecular formula is C15H16F3N3OS. The van der Waals surface area contributed by atoms with Crippen LogP contribution >= 0.6 is 11.8 Å². The highest BCUT2D eigenvalue weighted by Gasteiger charge is 2.30. The molecule has 0 aliphatic heterocycles. The number of aliphatic hydroxyl groups is 1. The summed E-state index contributed by atoms with van der Waals surface area (Å²) in [5, 5.41) is 18.7. The van der Waals surface area contributed by atoms with Gasteiger partial charge in [0.1, 0.15) is 5.82 Å². The summed E-state index contributed by atoms with van der Waals surface area (Å²) in [5.41, 5.74) is -0.306. The molecule has 0 fully saturated rings. The molecule has 0 saturated carbocycles. The van der Waals surface area contributed by atoms with Gasteiger partial charge in [0.05, 0.1) is 11.7 Å². The Labute approximate surface area is 136 Å². The zero-order valence-corrected chi connectivity index (χ0v) is 13.2. The minimum Gasteiger partial charge on any atom is -0.388 e. The van der Waals surface area contributed by atoms with Crippen molar-refractivity contribution in [3.8, 4) is 0 Å². The van der Waals surface area contributed by atoms with Gasteiger partial charge in [0, 0.05) is 12.3 Å². The van der Waals surface area contributed by atoms with E-state index < -0.39 is 17.8 Å². The lowest BCUT2D eigenvalue weighted by molar-refractivity contribution is -0.137. The molecule has 1 N–H and O–H groups in total. The van der Waals surface area contributed by atoms with E-state index >= 15 is 0 Å². The van der Waals surface area contributed by atoms with Gasteiger partial charge >= 0.3 is 6.18 Å². The quantitative estimate of drug-likeness (QED) is 0.643. The van der Waals surface area contributed by atoms with E-state index in [2.05, 4.69) is 16.8 Å². The molecule has 1 heterocycles. The van der Waals surface area contributed by atoms with Gasteiger partial charge < -0.3 is 9.67 Å². The number of hydrogen-bond acceptors (Lipinski definition) is 4. The molecule has 2 aromatic rings. The third-order valence-electron chi connectivity index (χ3n) is 3.21. The summed E-state index contributed by atoms with van der Waals surface area (Å²) in [6.45, 7) is 6.03. The second kappa shape index (κ2) is 7.18. The van der Waals surface area contributed by atoms with Crippen molar-refractivity contribution in [1.29, 1.82) is 0 Å². The van der Waals surface area contributed by atoms with Gasteiger partial charge in [0.2, 0.25) is 0 Å². The minimum absolute atomic E-state index is 0.265. The zero-order chi connectivity index (χ0) is 17.0. The Bertz CT molecular complexity index is 668. The minimum atomic E-state index is -4.38. The maximum atomic E-state index is 12.5. The SMILES string of the molecule is C=CCn1c(C)nnc1SCC(O)c1ccc(C(F)(F)F)cc1. The normalized spacial score (nSPS) is 13.1. The van der Waals surface area contributed by atoms with Crippen molar-refractivity contribution in [2.75, 3.05) is 5.75 Å². The smallest absolute Gasteiger partial charge is 0.388 e. The number of hydrogen-bond donors (Lipinski definition) is 1. The maximum absolute atomic E-state index is 12.5. The Morgan fingerprint density at radius 1 is 1.30 bits per heavy atom. The average molecular weight is 343 g/mol. The lowest BCUT2D eigenvalue weighted by Gasteiger charge is -2.12. The monoisotopic (exact) mass is 343 g/mol. The highest BCUT2D eigenvalue weighted by Crippen LogP contribution is 2.31. The molecule has 0 amide bonds. The van der Waals surface area contributed by atoms with Crippen LogP contribution in [0, 0.1) is 6.92 Å². The molecule has 1 unspecified atom stereocenters. The van der Waals surface area contributed by atoms with Crippen molar-refractivity contribution >= 4 is 11.8 Å². The van der Waals surface area contributed by atoms with Crippen molar-refractivity contribution in [3.63, 3.8) is 0 Å². The first-order valence-corrected chi connectivity index (χ1v) is 7.80. The summed E-state index contributed by atoms with van der Waals surface area (Å²) in [6.07, 6.45) is -3.56. The average Bonchev–Trinajstić information content (AvgIpc) is 2.85. The lowest BCUT2D eigenvalue weighted by atomic mass is 10.1. The van der Waals surface area contributed by atoms with Gasteiger partial charge in [-0.15, -0.1) is 16.8 Å². The van der Waals surface area contributed by atoms with Crippen LogP contribution in [0.15, 0.2) is 42.1 Å². The first-order valence-electron chi connectivity index (χ1n) is 6.81. The molecule has 0 saturated heterocycles. The highest BCUT2D eigenvalue weighted by molar-refractivity contribution is 7.99. The first kappa shape index (κ1) is 17.6. The molecule has 0 aliphatic rings. The van der Waals surface area contributed by atoms with E-state index in [1.807, 2.05) is 11.5 Å². The molecule has 0 radical (unpaired) electrons. The fraction of sp³-hybridized carbons (Fsp3) is 0.333.